The highest BCUT2D eigenvalue weighted by molar-refractivity contribution is 6.11. The van der Waals surface area contributed by atoms with Crippen LogP contribution in [0.5, 0.6) is 5.75 Å². The Morgan fingerprint density at radius 1 is 1.10 bits per heavy atom. The number of amides is 1. The van der Waals surface area contributed by atoms with Crippen LogP contribution in [0.4, 0.5) is 5.82 Å². The number of aromatic nitrogens is 3. The molecule has 0 spiro atoms. The monoisotopic (exact) mass is 405 g/mol. The van der Waals surface area contributed by atoms with Crippen LogP contribution in [0.15, 0.2) is 48.5 Å². The maximum Gasteiger partial charge on any atom is 0.257 e. The number of rotatable bonds is 7. The number of benzene rings is 2. The van der Waals surface area contributed by atoms with Gasteiger partial charge in [-0.2, -0.15) is 0 Å². The number of nitrogen functional groups attached to an aromatic ring is 1. The van der Waals surface area contributed by atoms with E-state index in [9.17, 15) is 4.79 Å². The summed E-state index contributed by atoms with van der Waals surface area (Å²) < 4.78 is 12.1. The van der Waals surface area contributed by atoms with Crippen molar-refractivity contribution >= 4 is 33.9 Å². The summed E-state index contributed by atoms with van der Waals surface area (Å²) in [7, 11) is 3.23. The highest BCUT2D eigenvalue weighted by Gasteiger charge is 2.24. The standard InChI is InChI=1S/C22H23N5O3/c1-29-12-6-11-24-22(28)18-19-21(26-17-10-4-3-9-16(17)25-19)27(20(18)23)14-7-5-8-15(13-14)30-2/h3-5,7-10,13H,6,11-12,23H2,1-2H3,(H,24,28). The number of para-hydroxylation sites is 2. The van der Waals surface area contributed by atoms with Gasteiger partial charge in [0.25, 0.3) is 5.91 Å². The summed E-state index contributed by atoms with van der Waals surface area (Å²) in [6.07, 6.45) is 0.700. The van der Waals surface area contributed by atoms with Gasteiger partial charge in [-0.05, 0) is 30.7 Å². The summed E-state index contributed by atoms with van der Waals surface area (Å²) in [4.78, 5) is 22.5. The Labute approximate surface area is 173 Å². The Hall–Kier alpha value is -3.65. The number of hydrogen-bond acceptors (Lipinski definition) is 6. The number of anilines is 1. The molecule has 0 fully saturated rings. The third-order valence-corrected chi connectivity index (χ3v) is 4.85. The summed E-state index contributed by atoms with van der Waals surface area (Å²) in [5.74, 6) is 0.658. The number of carbonyl (C=O) groups is 1. The van der Waals surface area contributed by atoms with Crippen LogP contribution in [0, 0.1) is 0 Å². The molecular formula is C22H23N5O3. The largest absolute Gasteiger partial charge is 0.497 e. The number of methoxy groups -OCH3 is 2. The van der Waals surface area contributed by atoms with Crippen molar-refractivity contribution in [1.82, 2.24) is 19.9 Å². The minimum absolute atomic E-state index is 0.276. The van der Waals surface area contributed by atoms with Gasteiger partial charge in [0.15, 0.2) is 5.65 Å². The first kappa shape index (κ1) is 19.7. The second-order valence-corrected chi connectivity index (χ2v) is 6.78. The van der Waals surface area contributed by atoms with Gasteiger partial charge in [0.1, 0.15) is 22.6 Å². The molecular weight excluding hydrogens is 382 g/mol. The summed E-state index contributed by atoms with van der Waals surface area (Å²) in [6, 6.07) is 15.0. The predicted molar refractivity (Wildman–Crippen MR) is 116 cm³/mol. The second-order valence-electron chi connectivity index (χ2n) is 6.78. The van der Waals surface area contributed by atoms with Crippen molar-refractivity contribution in [1.29, 1.82) is 0 Å². The Bertz CT molecular complexity index is 1220. The minimum Gasteiger partial charge on any atom is -0.497 e. The lowest BCUT2D eigenvalue weighted by atomic mass is 10.2. The van der Waals surface area contributed by atoms with Crippen molar-refractivity contribution in [3.8, 4) is 11.4 Å². The van der Waals surface area contributed by atoms with Crippen LogP contribution >= 0.6 is 0 Å². The summed E-state index contributed by atoms with van der Waals surface area (Å²) in [6.45, 7) is 1.03. The third-order valence-electron chi connectivity index (χ3n) is 4.85. The van der Waals surface area contributed by atoms with E-state index in [1.165, 1.54) is 0 Å². The van der Waals surface area contributed by atoms with Gasteiger partial charge in [-0.25, -0.2) is 9.97 Å². The smallest absolute Gasteiger partial charge is 0.257 e. The van der Waals surface area contributed by atoms with E-state index in [1.54, 1.807) is 18.8 Å². The van der Waals surface area contributed by atoms with Gasteiger partial charge in [-0.1, -0.05) is 18.2 Å². The molecule has 0 aliphatic heterocycles. The van der Waals surface area contributed by atoms with E-state index < -0.39 is 0 Å². The third kappa shape index (κ3) is 3.53. The molecule has 0 aliphatic carbocycles. The average molecular weight is 405 g/mol. The van der Waals surface area contributed by atoms with Gasteiger partial charge in [-0.3, -0.25) is 9.36 Å². The van der Waals surface area contributed by atoms with Crippen molar-refractivity contribution in [2.24, 2.45) is 0 Å². The highest BCUT2D eigenvalue weighted by atomic mass is 16.5. The van der Waals surface area contributed by atoms with E-state index in [1.807, 2.05) is 48.5 Å². The normalized spacial score (nSPS) is 11.1. The molecule has 30 heavy (non-hydrogen) atoms. The Balaban J connectivity index is 1.91. The van der Waals surface area contributed by atoms with Gasteiger partial charge < -0.3 is 20.5 Å². The quantitative estimate of drug-likeness (QED) is 0.458. The van der Waals surface area contributed by atoms with Crippen LogP contribution in [0.1, 0.15) is 16.8 Å². The van der Waals surface area contributed by atoms with Crippen LogP contribution < -0.4 is 15.8 Å². The fourth-order valence-electron chi connectivity index (χ4n) is 3.40. The number of ether oxygens (including phenoxy) is 2. The second kappa shape index (κ2) is 8.38. The Morgan fingerprint density at radius 3 is 2.60 bits per heavy atom. The molecule has 154 valence electrons. The van der Waals surface area contributed by atoms with Crippen molar-refractivity contribution < 1.29 is 14.3 Å². The molecule has 0 bridgehead atoms. The van der Waals surface area contributed by atoms with Crippen LogP contribution in [0.2, 0.25) is 0 Å². The van der Waals surface area contributed by atoms with Gasteiger partial charge >= 0.3 is 0 Å². The zero-order valence-corrected chi connectivity index (χ0v) is 16.9. The molecule has 8 nitrogen and oxygen atoms in total. The Kier molecular flexibility index (Phi) is 5.49. The average Bonchev–Trinajstić information content (AvgIpc) is 3.05. The zero-order valence-electron chi connectivity index (χ0n) is 16.9. The molecule has 0 radical (unpaired) electrons. The topological polar surface area (TPSA) is 104 Å². The number of nitrogens with two attached hydrogens (primary N) is 1. The van der Waals surface area contributed by atoms with Crippen molar-refractivity contribution in [2.45, 2.75) is 6.42 Å². The number of nitrogens with zero attached hydrogens (tertiary/aromatic N) is 3. The van der Waals surface area contributed by atoms with Gasteiger partial charge in [0.05, 0.1) is 23.8 Å². The summed E-state index contributed by atoms with van der Waals surface area (Å²) >= 11 is 0. The van der Waals surface area contributed by atoms with E-state index in [-0.39, 0.29) is 11.7 Å². The maximum atomic E-state index is 13.0. The van der Waals surface area contributed by atoms with Gasteiger partial charge in [-0.15, -0.1) is 0 Å². The molecule has 2 aromatic carbocycles. The first-order chi connectivity index (χ1) is 14.6. The summed E-state index contributed by atoms with van der Waals surface area (Å²) in [5.41, 5.74) is 9.92. The molecule has 4 aromatic rings. The van der Waals surface area contributed by atoms with Crippen molar-refractivity contribution in [2.75, 3.05) is 33.1 Å². The van der Waals surface area contributed by atoms with Crippen LogP contribution in [-0.2, 0) is 4.74 Å². The molecule has 2 heterocycles. The maximum absolute atomic E-state index is 13.0. The first-order valence-electron chi connectivity index (χ1n) is 9.62. The molecule has 4 rings (SSSR count). The number of hydrogen-bond donors (Lipinski definition) is 2. The molecule has 8 heteroatoms. The summed E-state index contributed by atoms with van der Waals surface area (Å²) in [5, 5.41) is 2.90. The van der Waals surface area contributed by atoms with Gasteiger partial charge in [0.2, 0.25) is 0 Å². The van der Waals surface area contributed by atoms with E-state index in [2.05, 4.69) is 5.32 Å². The van der Waals surface area contributed by atoms with E-state index in [0.29, 0.717) is 47.6 Å². The Morgan fingerprint density at radius 2 is 1.87 bits per heavy atom. The SMILES string of the molecule is COCCCNC(=O)c1c(N)n(-c2cccc(OC)c2)c2nc3ccccc3nc12. The molecule has 0 unspecified atom stereocenters. The van der Waals surface area contributed by atoms with E-state index in [4.69, 9.17) is 25.2 Å². The molecule has 3 N–H and O–H groups in total. The van der Waals surface area contributed by atoms with Crippen LogP contribution in [-0.4, -0.2) is 47.8 Å². The number of nitrogens with one attached hydrogen (secondary N) is 1. The van der Waals surface area contributed by atoms with Crippen molar-refractivity contribution in [3.63, 3.8) is 0 Å². The fraction of sp³-hybridized carbons (Fsp3) is 0.227. The predicted octanol–water partition coefficient (Wildman–Crippen LogP) is 2.93. The highest BCUT2D eigenvalue weighted by Crippen LogP contribution is 2.31. The zero-order chi connectivity index (χ0) is 21.1. The lowest BCUT2D eigenvalue weighted by Crippen LogP contribution is -2.26. The fourth-order valence-corrected chi connectivity index (χ4v) is 3.40. The van der Waals surface area contributed by atoms with E-state index >= 15 is 0 Å². The van der Waals surface area contributed by atoms with Crippen LogP contribution in [0.25, 0.3) is 27.9 Å². The number of carbonyl (C=O) groups excluding carboxylic acids is 1. The minimum atomic E-state index is -0.292. The van der Waals surface area contributed by atoms with Crippen molar-refractivity contribution in [3.05, 3.63) is 54.1 Å². The molecule has 0 saturated heterocycles. The number of fused-ring (bicyclic) bond motifs is 2. The van der Waals surface area contributed by atoms with Crippen LogP contribution in [0.3, 0.4) is 0 Å². The molecule has 0 saturated carbocycles. The molecule has 0 atom stereocenters. The molecule has 0 aliphatic rings. The first-order valence-corrected chi connectivity index (χ1v) is 9.62. The van der Waals surface area contributed by atoms with E-state index in [0.717, 1.165) is 11.2 Å². The lowest BCUT2D eigenvalue weighted by Gasteiger charge is -2.09. The molecule has 1 amide bonds. The molecule has 2 aromatic heterocycles. The van der Waals surface area contributed by atoms with Gasteiger partial charge in [0, 0.05) is 26.3 Å². The lowest BCUT2D eigenvalue weighted by molar-refractivity contribution is 0.0951.